The van der Waals surface area contributed by atoms with Crippen LogP contribution >= 0.6 is 23.4 Å². The van der Waals surface area contributed by atoms with E-state index in [4.69, 9.17) is 116 Å². The van der Waals surface area contributed by atoms with Crippen molar-refractivity contribution in [2.24, 2.45) is 0 Å². The topological polar surface area (TPSA) is 655 Å². The van der Waals surface area contributed by atoms with Crippen LogP contribution < -0.4 is 50.3 Å². The number of carbonyl (C=O) groups excluding carboxylic acids is 12. The summed E-state index contributed by atoms with van der Waals surface area (Å²) in [6.45, 7) is 6.06. The van der Waals surface area contributed by atoms with Crippen LogP contribution in [0, 0.1) is 0 Å². The van der Waals surface area contributed by atoms with E-state index in [1.54, 1.807) is 0 Å². The third-order valence-electron chi connectivity index (χ3n) is 15.3. The number of rotatable bonds is 31. The summed E-state index contributed by atoms with van der Waals surface area (Å²) in [6, 6.07) is 23.2. The second-order valence-electron chi connectivity index (χ2n) is 24.9. The van der Waals surface area contributed by atoms with Gasteiger partial charge in [-0.2, -0.15) is 8.42 Å². The van der Waals surface area contributed by atoms with E-state index in [2.05, 4.69) is 25.0 Å². The van der Waals surface area contributed by atoms with Crippen molar-refractivity contribution in [2.75, 3.05) is 59.1 Å². The van der Waals surface area contributed by atoms with Crippen LogP contribution in [0.15, 0.2) is 91.0 Å². The molecule has 49 heteroatoms. The molecule has 0 bridgehead atoms. The Balaban J connectivity index is 0.000000773. The zero-order valence-corrected chi connectivity index (χ0v) is 70.1. The molecule has 7 rings (SSSR count). The van der Waals surface area contributed by atoms with E-state index in [9.17, 15) is 96.6 Å². The number of hydrogen-bond donors (Lipinski definition) is 12. The van der Waals surface area contributed by atoms with Gasteiger partial charge in [-0.15, -0.1) is 0 Å². The van der Waals surface area contributed by atoms with Crippen LogP contribution in [0.25, 0.3) is 16.0 Å². The fourth-order valence-corrected chi connectivity index (χ4v) is 11.1. The van der Waals surface area contributed by atoms with Gasteiger partial charge in [-0.3, -0.25) is 66.6 Å². The van der Waals surface area contributed by atoms with Gasteiger partial charge in [-0.1, -0.05) is 91.0 Å². The van der Waals surface area contributed by atoms with Gasteiger partial charge < -0.3 is 139 Å². The Kier molecular flexibility index (Phi) is 52.8. The molecule has 0 spiro atoms. The van der Waals surface area contributed by atoms with Gasteiger partial charge in [0.1, 0.15) is 113 Å². The Morgan fingerprint density at radius 3 is 1.01 bits per heavy atom. The molecule has 0 radical (unpaired) electrons. The first-order chi connectivity index (χ1) is 55.6. The van der Waals surface area contributed by atoms with Crippen LogP contribution in [0.1, 0.15) is 72.1 Å². The summed E-state index contributed by atoms with van der Waals surface area (Å²) >= 11 is 10.3. The van der Waals surface area contributed by atoms with Gasteiger partial charge in [-0.25, -0.2) is 4.84 Å². The third kappa shape index (κ3) is 43.1. The number of carbonyl (C=O) groups is 12. The van der Waals surface area contributed by atoms with E-state index < -0.39 is 236 Å². The molecule has 4 heterocycles. The molecule has 0 aromatic heterocycles. The number of benzene rings is 3. The Bertz CT molecular complexity index is 3800. The zero-order chi connectivity index (χ0) is 88.9. The predicted octanol–water partition coefficient (Wildman–Crippen LogP) is -5.95. The minimum Gasteiger partial charge on any atom is -0.463 e. The summed E-state index contributed by atoms with van der Waals surface area (Å²) in [7, 11) is -3.96. The van der Waals surface area contributed by atoms with Crippen molar-refractivity contribution in [1.82, 2.24) is 20.8 Å². The van der Waals surface area contributed by atoms with Crippen molar-refractivity contribution in [3.8, 4) is 0 Å². The number of amides is 3. The minimum absolute atomic E-state index is 0. The molecule has 0 aliphatic carbocycles. The molecule has 4 fully saturated rings. The summed E-state index contributed by atoms with van der Waals surface area (Å²) in [5.74, 6) is -8.33. The number of ether oxygens (including phenoxy) is 15. The SMILES string of the molecule is CC(=O)OCC1OC(OC(C)=O)[C@H](NC(=O)COCc2ccccc2)C(OC(C)=O)[C@@H]1OC(C)=O.CC(=O)OCC1OC(OC(C)=O)[C@H](NC(=O)COS(C)(=O)=O)C(OC(C)=O)[C@@H]1OC(C)=O.O=C(COCc1ccccc1)N[C@H]1C(O)OC(CO)[C@@H](O)C1O.O=C(Cl)COCc1ccccc1.OCC1OC(O)[C@H](NCl)C(O)[C@@H]1O.[N-]=[N+]=[N-].[Na+]. The van der Waals surface area contributed by atoms with Crippen molar-refractivity contribution in [3.05, 3.63) is 124 Å². The average molecular weight is 1770 g/mol. The van der Waals surface area contributed by atoms with Crippen LogP contribution in [0.3, 0.4) is 0 Å². The largest absolute Gasteiger partial charge is 1.00 e. The van der Waals surface area contributed by atoms with Crippen molar-refractivity contribution in [3.63, 3.8) is 0 Å². The Morgan fingerprint density at radius 2 is 0.714 bits per heavy atom. The van der Waals surface area contributed by atoms with Crippen LogP contribution in [0.2, 0.25) is 0 Å². The molecule has 4 saturated heterocycles. The molecule has 20 atom stereocenters. The van der Waals surface area contributed by atoms with Crippen molar-refractivity contribution in [2.45, 2.75) is 198 Å². The fraction of sp³-hybridized carbons (Fsp3) is 0.571. The van der Waals surface area contributed by atoms with Crippen LogP contribution in [0.4, 0.5) is 0 Å². The van der Waals surface area contributed by atoms with Crippen LogP contribution in [0.5, 0.6) is 0 Å². The first-order valence-corrected chi connectivity index (χ1v) is 37.5. The van der Waals surface area contributed by atoms with E-state index in [1.807, 2.05) is 91.0 Å². The second kappa shape index (κ2) is 57.8. The number of esters is 8. The smallest absolute Gasteiger partial charge is 0.463 e. The van der Waals surface area contributed by atoms with E-state index in [0.29, 0.717) is 6.61 Å². The molecular weight excluding hydrogens is 1670 g/mol. The molecule has 45 nitrogen and oxygen atoms in total. The average Bonchev–Trinajstić information content (AvgIpc) is 0.790. The summed E-state index contributed by atoms with van der Waals surface area (Å²) in [5, 5.41) is 81.7. The summed E-state index contributed by atoms with van der Waals surface area (Å²) in [5.41, 5.74) is 16.3. The Hall–Kier alpha value is -8.34. The molecule has 0 saturated carbocycles. The van der Waals surface area contributed by atoms with Gasteiger partial charge in [0.25, 0.3) is 10.1 Å². The molecule has 3 amide bonds. The van der Waals surface area contributed by atoms with Gasteiger partial charge in [-0.05, 0) is 40.1 Å². The molecule has 660 valence electrons. The predicted molar refractivity (Wildman–Crippen MR) is 395 cm³/mol. The molecule has 3 aromatic carbocycles. The second-order valence-corrected chi connectivity index (χ2v) is 27.2. The maximum absolute atomic E-state index is 12.6. The van der Waals surface area contributed by atoms with Gasteiger partial charge in [0.2, 0.25) is 35.5 Å². The monoisotopic (exact) mass is 1770 g/mol. The minimum atomic E-state index is -3.96. The van der Waals surface area contributed by atoms with Crippen LogP contribution in [-0.2, 0) is 163 Å². The van der Waals surface area contributed by atoms with Crippen LogP contribution in [-0.4, -0.2) is 302 Å². The number of halogens is 2. The van der Waals surface area contributed by atoms with Gasteiger partial charge >= 0.3 is 77.3 Å². The summed E-state index contributed by atoms with van der Waals surface area (Å²) in [6.07, 6.45) is -20.7. The molecule has 12 N–H and O–H groups in total. The first kappa shape index (κ1) is 109. The first-order valence-electron chi connectivity index (χ1n) is 34.9. The van der Waals surface area contributed by atoms with E-state index in [1.165, 1.54) is 4.91 Å². The Morgan fingerprint density at radius 1 is 0.420 bits per heavy atom. The standard InChI is InChI=1S/C23H29NO11.C17H25NO13S.C15H21NO7.C9H9ClO2.C6H12ClNO5.N3.Na/c1-13(25)31-11-18-21(32-14(2)26)22(33-15(3)27)20(23(35-18)34-16(4)28)24-19(29)12-30-10-17-8-6-5-7-9-17;1-8(19)26-6-12-15(28-9(2)20)16(29-10(3)21)14(17(31-12)30-11(4)22)18-13(23)7-27-32(5,24)25;17-6-10-13(19)14(20)12(15(21)23-10)16-11(18)8-22-7-9-4-2-1-3-5-9;10-9(11)7-12-6-8-4-2-1-3-5-8;7-8-3-5(11)4(10)2(1-9)13-6(3)12;1-3-2;/h5-9,18,20-23H,10-12H2,1-4H3,(H,24,29);12,14-17H,6-7H2,1-5H3,(H,18,23);1-5,10,12-15,17,19-21H,6-8H2,(H,16,18);1-5H,6-7H2;2-6,8-12H,1H2;;/q;;;;;-1;+1/t18?,20-,21-,22?,23?;12?,14-,15-,16?,17?;10?,12-,13-,14?,15?;;2?,3-,4-,5?,6?;;/m111.1../s1. The molecule has 119 heavy (non-hydrogen) atoms. The number of hydrogen-bond acceptors (Lipinski definition) is 39. The van der Waals surface area contributed by atoms with Gasteiger partial charge in [0.15, 0.2) is 37.0 Å². The number of aliphatic hydroxyl groups excluding tert-OH is 8. The van der Waals surface area contributed by atoms with Crippen molar-refractivity contribution < 1.29 is 212 Å². The maximum Gasteiger partial charge on any atom is 1.00 e. The van der Waals surface area contributed by atoms with E-state index in [-0.39, 0.29) is 62.6 Å². The van der Waals surface area contributed by atoms with Crippen molar-refractivity contribution in [1.29, 1.82) is 0 Å². The quantitative estimate of drug-likeness (QED) is 0.00328. The zero-order valence-electron chi connectivity index (χ0n) is 65.8. The van der Waals surface area contributed by atoms with Gasteiger partial charge in [0.05, 0.1) is 39.3 Å². The number of nitrogens with zero attached hydrogens (tertiary/aromatic N) is 3. The third-order valence-corrected chi connectivity index (χ3v) is 16.2. The molecular formula is C70H96Cl2N7NaO38S. The molecule has 4 aliphatic heterocycles. The molecule has 12 unspecified atom stereocenters. The normalized spacial score (nSPS) is 25.8. The fourth-order valence-electron chi connectivity index (χ4n) is 10.4. The Labute approximate surface area is 713 Å². The summed E-state index contributed by atoms with van der Waals surface area (Å²) < 4.78 is 104. The van der Waals surface area contributed by atoms with E-state index >= 15 is 0 Å². The number of aliphatic hydroxyl groups is 8. The molecule has 4 aliphatic rings. The van der Waals surface area contributed by atoms with Gasteiger partial charge in [0, 0.05) is 55.4 Å². The maximum atomic E-state index is 12.6. The summed E-state index contributed by atoms with van der Waals surface area (Å²) in [4.78, 5) is 143. The number of nitrogens with one attached hydrogen (secondary N) is 4. The molecule has 3 aromatic rings. The van der Waals surface area contributed by atoms with Crippen molar-refractivity contribution >= 4 is 104 Å². The van der Waals surface area contributed by atoms with E-state index in [0.717, 1.165) is 78.3 Å².